The Labute approximate surface area is 108 Å². The summed E-state index contributed by atoms with van der Waals surface area (Å²) < 4.78 is 2.38. The van der Waals surface area contributed by atoms with Crippen LogP contribution in [0.1, 0.15) is 37.8 Å². The van der Waals surface area contributed by atoms with Crippen LogP contribution in [0.2, 0.25) is 0 Å². The van der Waals surface area contributed by atoms with Crippen LogP contribution in [0, 0.1) is 0 Å². The molecule has 3 rings (SSSR count). The van der Waals surface area contributed by atoms with E-state index in [2.05, 4.69) is 40.0 Å². The lowest BCUT2D eigenvalue weighted by atomic mass is 10.1. The third-order valence-electron chi connectivity index (χ3n) is 3.88. The molecule has 18 heavy (non-hydrogen) atoms. The van der Waals surface area contributed by atoms with E-state index in [0.717, 1.165) is 25.0 Å². The molecule has 1 aromatic heterocycles. The molecule has 0 saturated carbocycles. The maximum atomic E-state index is 4.54. The number of hydrogen-bond donors (Lipinski definition) is 1. The molecule has 0 spiro atoms. The predicted molar refractivity (Wildman–Crippen MR) is 74.9 cm³/mol. The number of nitrogens with zero attached hydrogens (tertiary/aromatic N) is 2. The van der Waals surface area contributed by atoms with Crippen LogP contribution >= 0.6 is 0 Å². The van der Waals surface area contributed by atoms with Gasteiger partial charge in [0.15, 0.2) is 0 Å². The van der Waals surface area contributed by atoms with Gasteiger partial charge in [-0.2, -0.15) is 0 Å². The molecule has 1 saturated heterocycles. The first-order valence-electron chi connectivity index (χ1n) is 7.04. The van der Waals surface area contributed by atoms with Gasteiger partial charge >= 0.3 is 0 Å². The van der Waals surface area contributed by atoms with Crippen molar-refractivity contribution in [1.29, 1.82) is 0 Å². The highest BCUT2D eigenvalue weighted by molar-refractivity contribution is 5.76. The van der Waals surface area contributed by atoms with Gasteiger partial charge in [-0.25, -0.2) is 4.98 Å². The number of fused-ring (bicyclic) bond motifs is 1. The Bertz CT molecular complexity index is 524. The lowest BCUT2D eigenvalue weighted by Crippen LogP contribution is -2.29. The molecule has 0 atom stereocenters. The zero-order valence-corrected chi connectivity index (χ0v) is 11.0. The van der Waals surface area contributed by atoms with Gasteiger partial charge in [-0.05, 0) is 50.0 Å². The molecule has 1 aliphatic heterocycles. The third-order valence-corrected chi connectivity index (χ3v) is 3.88. The number of benzene rings is 1. The minimum Gasteiger partial charge on any atom is -0.327 e. The van der Waals surface area contributed by atoms with Crippen LogP contribution in [0.5, 0.6) is 0 Å². The van der Waals surface area contributed by atoms with Crippen molar-refractivity contribution in [2.75, 3.05) is 13.1 Å². The van der Waals surface area contributed by atoms with Crippen molar-refractivity contribution in [3.63, 3.8) is 0 Å². The predicted octanol–water partition coefficient (Wildman–Crippen LogP) is 2.91. The van der Waals surface area contributed by atoms with Crippen molar-refractivity contribution >= 4 is 11.0 Å². The number of rotatable bonds is 3. The van der Waals surface area contributed by atoms with Crippen molar-refractivity contribution in [2.24, 2.45) is 0 Å². The van der Waals surface area contributed by atoms with E-state index in [1.54, 1.807) is 0 Å². The molecule has 3 nitrogen and oxygen atoms in total. The topological polar surface area (TPSA) is 29.9 Å². The van der Waals surface area contributed by atoms with E-state index >= 15 is 0 Å². The van der Waals surface area contributed by atoms with Gasteiger partial charge in [-0.15, -0.1) is 0 Å². The summed E-state index contributed by atoms with van der Waals surface area (Å²) in [4.78, 5) is 4.54. The van der Waals surface area contributed by atoms with Crippen LogP contribution in [0.3, 0.4) is 0 Å². The number of nitrogens with one attached hydrogen (secondary N) is 1. The summed E-state index contributed by atoms with van der Waals surface area (Å²) in [6, 6.07) is 7.32. The summed E-state index contributed by atoms with van der Waals surface area (Å²) in [7, 11) is 0. The first-order valence-corrected chi connectivity index (χ1v) is 7.04. The Balaban J connectivity index is 1.97. The van der Waals surface area contributed by atoms with E-state index in [0.29, 0.717) is 6.04 Å². The van der Waals surface area contributed by atoms with Crippen molar-refractivity contribution in [3.8, 4) is 0 Å². The van der Waals surface area contributed by atoms with E-state index in [1.807, 2.05) is 6.33 Å². The van der Waals surface area contributed by atoms with Gasteiger partial charge in [0.25, 0.3) is 0 Å². The molecule has 2 heterocycles. The van der Waals surface area contributed by atoms with Crippen LogP contribution in [0.15, 0.2) is 24.5 Å². The SMILES string of the molecule is CCCc1ccc2ncn(C3CCNCC3)c2c1. The highest BCUT2D eigenvalue weighted by atomic mass is 15.1. The van der Waals surface area contributed by atoms with Crippen LogP contribution in [-0.2, 0) is 6.42 Å². The molecule has 0 unspecified atom stereocenters. The molecular formula is C15H21N3. The van der Waals surface area contributed by atoms with Crippen LogP contribution in [0.25, 0.3) is 11.0 Å². The monoisotopic (exact) mass is 243 g/mol. The minimum atomic E-state index is 0.619. The first kappa shape index (κ1) is 11.7. The molecule has 0 bridgehead atoms. The normalized spacial score (nSPS) is 17.4. The fraction of sp³-hybridized carbons (Fsp3) is 0.533. The molecule has 1 fully saturated rings. The molecular weight excluding hydrogens is 222 g/mol. The number of hydrogen-bond acceptors (Lipinski definition) is 2. The fourth-order valence-corrected chi connectivity index (χ4v) is 2.89. The Morgan fingerprint density at radius 1 is 1.33 bits per heavy atom. The average molecular weight is 243 g/mol. The summed E-state index contributed by atoms with van der Waals surface area (Å²) >= 11 is 0. The maximum Gasteiger partial charge on any atom is 0.0960 e. The molecule has 0 aliphatic carbocycles. The van der Waals surface area contributed by atoms with Gasteiger partial charge in [0.2, 0.25) is 0 Å². The molecule has 2 aromatic rings. The lowest BCUT2D eigenvalue weighted by molar-refractivity contribution is 0.374. The summed E-state index contributed by atoms with van der Waals surface area (Å²) in [5, 5.41) is 3.42. The molecule has 1 aliphatic rings. The largest absolute Gasteiger partial charge is 0.327 e. The van der Waals surface area contributed by atoms with Crippen LogP contribution in [-0.4, -0.2) is 22.6 Å². The molecule has 3 heteroatoms. The summed E-state index contributed by atoms with van der Waals surface area (Å²) in [5.74, 6) is 0. The van der Waals surface area contributed by atoms with Gasteiger partial charge in [0.1, 0.15) is 0 Å². The van der Waals surface area contributed by atoms with Crippen molar-refractivity contribution in [1.82, 2.24) is 14.9 Å². The van der Waals surface area contributed by atoms with E-state index in [-0.39, 0.29) is 0 Å². The zero-order valence-electron chi connectivity index (χ0n) is 11.0. The maximum absolute atomic E-state index is 4.54. The second-order valence-electron chi connectivity index (χ2n) is 5.21. The number of aryl methyl sites for hydroxylation is 1. The van der Waals surface area contributed by atoms with Gasteiger partial charge in [0.05, 0.1) is 17.4 Å². The Hall–Kier alpha value is -1.35. The number of imidazole rings is 1. The van der Waals surface area contributed by atoms with E-state index in [1.165, 1.54) is 30.3 Å². The molecule has 0 amide bonds. The number of aromatic nitrogens is 2. The van der Waals surface area contributed by atoms with Crippen LogP contribution < -0.4 is 5.32 Å². The van der Waals surface area contributed by atoms with Crippen molar-refractivity contribution in [2.45, 2.75) is 38.6 Å². The highest BCUT2D eigenvalue weighted by Crippen LogP contribution is 2.25. The lowest BCUT2D eigenvalue weighted by Gasteiger charge is -2.24. The van der Waals surface area contributed by atoms with E-state index in [9.17, 15) is 0 Å². The van der Waals surface area contributed by atoms with Gasteiger partial charge in [0, 0.05) is 6.04 Å². The summed E-state index contributed by atoms with van der Waals surface area (Å²) in [6.07, 6.45) is 6.81. The smallest absolute Gasteiger partial charge is 0.0960 e. The van der Waals surface area contributed by atoms with Gasteiger partial charge in [-0.1, -0.05) is 19.4 Å². The fourth-order valence-electron chi connectivity index (χ4n) is 2.89. The second-order valence-corrected chi connectivity index (χ2v) is 5.21. The van der Waals surface area contributed by atoms with Gasteiger partial charge in [-0.3, -0.25) is 0 Å². The minimum absolute atomic E-state index is 0.619. The third kappa shape index (κ3) is 2.15. The van der Waals surface area contributed by atoms with Gasteiger partial charge < -0.3 is 9.88 Å². The number of piperidine rings is 1. The molecule has 0 radical (unpaired) electrons. The Morgan fingerprint density at radius 2 is 2.17 bits per heavy atom. The Morgan fingerprint density at radius 3 is 2.94 bits per heavy atom. The Kier molecular flexibility index (Phi) is 3.33. The summed E-state index contributed by atoms with van der Waals surface area (Å²) in [5.41, 5.74) is 3.88. The average Bonchev–Trinajstić information content (AvgIpc) is 2.83. The van der Waals surface area contributed by atoms with Crippen molar-refractivity contribution in [3.05, 3.63) is 30.1 Å². The summed E-state index contributed by atoms with van der Waals surface area (Å²) in [6.45, 7) is 4.48. The molecule has 1 N–H and O–H groups in total. The molecule has 1 aromatic carbocycles. The first-order chi connectivity index (χ1) is 8.88. The van der Waals surface area contributed by atoms with Crippen molar-refractivity contribution < 1.29 is 0 Å². The van der Waals surface area contributed by atoms with Crippen LogP contribution in [0.4, 0.5) is 0 Å². The van der Waals surface area contributed by atoms with E-state index in [4.69, 9.17) is 0 Å². The zero-order chi connectivity index (χ0) is 12.4. The highest BCUT2D eigenvalue weighted by Gasteiger charge is 2.16. The van der Waals surface area contributed by atoms with E-state index < -0.39 is 0 Å². The molecule has 96 valence electrons. The standard InChI is InChI=1S/C15H21N3/c1-2-3-12-4-5-14-15(10-12)18(11-17-14)13-6-8-16-9-7-13/h4-5,10-11,13,16H,2-3,6-9H2,1H3. The quantitative estimate of drug-likeness (QED) is 0.898. The second kappa shape index (κ2) is 5.11.